The Morgan fingerprint density at radius 2 is 1.45 bits per heavy atom. The number of nitrogens with zero attached hydrogens (tertiary/aromatic N) is 1. The molecule has 0 bridgehead atoms. The summed E-state index contributed by atoms with van der Waals surface area (Å²) >= 11 is 7.47. The fourth-order valence-corrected chi connectivity index (χ4v) is 6.28. The monoisotopic (exact) mass is 656 g/mol. The number of carbonyl (C=O) groups is 3. The summed E-state index contributed by atoms with van der Waals surface area (Å²) in [4.78, 5) is 44.4. The zero-order valence-corrected chi connectivity index (χ0v) is 24.3. The van der Waals surface area contributed by atoms with Crippen LogP contribution in [0.2, 0.25) is 0 Å². The van der Waals surface area contributed by atoms with Gasteiger partial charge in [-0.3, -0.25) is 19.2 Å². The van der Waals surface area contributed by atoms with Gasteiger partial charge >= 0.3 is 0 Å². The van der Waals surface area contributed by atoms with Gasteiger partial charge in [-0.2, -0.15) is 0 Å². The zero-order chi connectivity index (χ0) is 27.8. The summed E-state index contributed by atoms with van der Waals surface area (Å²) in [6.45, 7) is 0.945. The molecule has 0 radical (unpaired) electrons. The van der Waals surface area contributed by atoms with Crippen molar-refractivity contribution >= 4 is 71.5 Å². The molecule has 0 atom stereocenters. The predicted molar refractivity (Wildman–Crippen MR) is 161 cm³/mol. The normalized spacial score (nSPS) is 12.9. The first-order chi connectivity index (χ1) is 19.4. The second-order valence-corrected chi connectivity index (χ2v) is 11.1. The van der Waals surface area contributed by atoms with Crippen LogP contribution in [0.5, 0.6) is 0 Å². The Morgan fingerprint density at radius 3 is 2.12 bits per heavy atom. The number of carbonyl (C=O) groups excluding carboxylic acids is 3. The molecule has 0 fully saturated rings. The maximum atomic E-state index is 13.4. The molecule has 0 unspecified atom stereocenters. The quantitative estimate of drug-likeness (QED) is 0.153. The molecule has 0 aromatic heterocycles. The summed E-state index contributed by atoms with van der Waals surface area (Å²) in [5, 5.41) is 7.49. The van der Waals surface area contributed by atoms with Gasteiger partial charge in [0.05, 0.1) is 12.1 Å². The lowest BCUT2D eigenvalue weighted by Gasteiger charge is -2.28. The number of rotatable bonds is 6. The maximum absolute atomic E-state index is 13.4. The molecular weight excluding hydrogens is 636 g/mol. The van der Waals surface area contributed by atoms with Crippen LogP contribution in [0.1, 0.15) is 47.8 Å². The molecular formula is C32H22Br2N2O4. The van der Waals surface area contributed by atoms with Gasteiger partial charge < -0.3 is 5.32 Å². The molecule has 0 saturated carbocycles. The molecule has 5 aromatic rings. The van der Waals surface area contributed by atoms with Gasteiger partial charge in [-0.1, -0.05) is 60.7 Å². The molecule has 0 spiro atoms. The van der Waals surface area contributed by atoms with Crippen molar-refractivity contribution in [1.29, 1.82) is 0 Å². The van der Waals surface area contributed by atoms with Crippen LogP contribution in [0.25, 0.3) is 21.5 Å². The van der Waals surface area contributed by atoms with E-state index in [2.05, 4.69) is 37.2 Å². The van der Waals surface area contributed by atoms with Crippen molar-refractivity contribution in [2.45, 2.75) is 19.7 Å². The highest BCUT2D eigenvalue weighted by molar-refractivity contribution is 9.11. The van der Waals surface area contributed by atoms with E-state index in [0.717, 1.165) is 47.2 Å². The number of amides is 2. The van der Waals surface area contributed by atoms with Gasteiger partial charge in [0, 0.05) is 26.6 Å². The van der Waals surface area contributed by atoms with Gasteiger partial charge in [0.25, 0.3) is 11.8 Å². The third kappa shape index (κ3) is 4.83. The zero-order valence-electron chi connectivity index (χ0n) is 21.1. The average molecular weight is 658 g/mol. The Morgan fingerprint density at radius 1 is 0.850 bits per heavy atom. The smallest absolute Gasteiger partial charge is 0.278 e. The first-order valence-corrected chi connectivity index (χ1v) is 14.2. The number of hydroxylamine groups is 2. The molecule has 8 heteroatoms. The summed E-state index contributed by atoms with van der Waals surface area (Å²) in [6, 6.07) is 26.5. The lowest BCUT2D eigenvalue weighted by Crippen LogP contribution is -2.35. The van der Waals surface area contributed by atoms with Crippen molar-refractivity contribution in [2.75, 3.05) is 0 Å². The molecule has 5 aromatic carbocycles. The molecule has 6 nitrogen and oxygen atoms in total. The highest BCUT2D eigenvalue weighted by atomic mass is 79.9. The Balaban J connectivity index is 1.40. The van der Waals surface area contributed by atoms with E-state index in [9.17, 15) is 14.4 Å². The van der Waals surface area contributed by atoms with E-state index < -0.39 is 0 Å². The van der Waals surface area contributed by atoms with Crippen molar-refractivity contribution < 1.29 is 19.2 Å². The van der Waals surface area contributed by atoms with Crippen LogP contribution >= 0.6 is 31.9 Å². The van der Waals surface area contributed by atoms with Gasteiger partial charge in [-0.15, -0.1) is 0 Å². The summed E-state index contributed by atoms with van der Waals surface area (Å²) in [6.07, 6.45) is 0.691. The van der Waals surface area contributed by atoms with Crippen molar-refractivity contribution in [3.05, 3.63) is 127 Å². The Bertz CT molecular complexity index is 1810. The topological polar surface area (TPSA) is 75.7 Å². The number of hydrogen-bond acceptors (Lipinski definition) is 4. The fraction of sp³-hybridized carbons (Fsp3) is 0.0938. The van der Waals surface area contributed by atoms with E-state index in [4.69, 9.17) is 4.84 Å². The number of aldehydes is 1. The van der Waals surface area contributed by atoms with Crippen LogP contribution in [0.3, 0.4) is 0 Å². The largest absolute Gasteiger partial charge is 0.348 e. The molecule has 1 aliphatic rings. The van der Waals surface area contributed by atoms with E-state index in [1.54, 1.807) is 12.1 Å². The molecule has 0 saturated heterocycles. The van der Waals surface area contributed by atoms with Gasteiger partial charge in [-0.05, 0) is 94.4 Å². The minimum Gasteiger partial charge on any atom is -0.348 e. The van der Waals surface area contributed by atoms with Gasteiger partial charge in [-0.25, -0.2) is 5.06 Å². The lowest BCUT2D eigenvalue weighted by molar-refractivity contribution is -0.146. The van der Waals surface area contributed by atoms with E-state index in [1.165, 1.54) is 5.06 Å². The summed E-state index contributed by atoms with van der Waals surface area (Å²) < 4.78 is 1.49. The van der Waals surface area contributed by atoms with Crippen LogP contribution in [-0.2, 0) is 24.5 Å². The Kier molecular flexibility index (Phi) is 7.23. The average Bonchev–Trinajstić information content (AvgIpc) is 3.00. The van der Waals surface area contributed by atoms with Crippen molar-refractivity contribution in [2.24, 2.45) is 0 Å². The standard InChI is InChI=1S/C32H22Br2N2O4/c33-29-25-11-21(17-37)23(31(38)35-15-19-7-3-1-4-8-19)13-27(25)30(34)26-12-22-18-40-36(16-20-9-5-2-6-10-20)32(39)24(22)14-28(26)29/h1-14,17H,15-16,18H2,(H,35,38). The van der Waals surface area contributed by atoms with Gasteiger partial charge in [0.15, 0.2) is 6.29 Å². The first-order valence-electron chi connectivity index (χ1n) is 12.6. The maximum Gasteiger partial charge on any atom is 0.278 e. The van der Waals surface area contributed by atoms with Crippen LogP contribution < -0.4 is 5.32 Å². The number of hydrogen-bond donors (Lipinski definition) is 1. The van der Waals surface area contributed by atoms with Crippen molar-refractivity contribution in [3.63, 3.8) is 0 Å². The Hall–Kier alpha value is -3.85. The molecule has 40 heavy (non-hydrogen) atoms. The minimum atomic E-state index is -0.334. The molecule has 0 aliphatic carbocycles. The van der Waals surface area contributed by atoms with Gasteiger partial charge in [0.1, 0.15) is 6.61 Å². The lowest BCUT2D eigenvalue weighted by atomic mass is 9.94. The SMILES string of the molecule is O=Cc1cc2c(Br)c3cc4c(cc3c(Br)c2cc1C(=O)NCc1ccccc1)CON(Cc1ccccc1)C4=O. The van der Waals surface area contributed by atoms with E-state index >= 15 is 0 Å². The molecule has 1 N–H and O–H groups in total. The third-order valence-corrected chi connectivity index (χ3v) is 8.76. The molecule has 6 rings (SSSR count). The highest BCUT2D eigenvalue weighted by Gasteiger charge is 2.28. The van der Waals surface area contributed by atoms with Crippen LogP contribution in [0.15, 0.2) is 93.9 Å². The minimum absolute atomic E-state index is 0.214. The predicted octanol–water partition coefficient (Wildman–Crippen LogP) is 7.35. The van der Waals surface area contributed by atoms with Crippen LogP contribution in [0, 0.1) is 0 Å². The van der Waals surface area contributed by atoms with E-state index in [-0.39, 0.29) is 24.0 Å². The molecule has 1 heterocycles. The van der Waals surface area contributed by atoms with Crippen LogP contribution in [-0.4, -0.2) is 23.2 Å². The summed E-state index contributed by atoms with van der Waals surface area (Å²) in [5.41, 5.74) is 3.84. The van der Waals surface area contributed by atoms with Crippen molar-refractivity contribution in [3.8, 4) is 0 Å². The number of fused-ring (bicyclic) bond motifs is 3. The third-order valence-electron chi connectivity index (χ3n) is 7.05. The summed E-state index contributed by atoms with van der Waals surface area (Å²) in [5.74, 6) is -0.548. The second-order valence-electron chi connectivity index (χ2n) is 9.55. The second kappa shape index (κ2) is 11.0. The van der Waals surface area contributed by atoms with Crippen molar-refractivity contribution in [1.82, 2.24) is 10.4 Å². The van der Waals surface area contributed by atoms with Crippen LogP contribution in [0.4, 0.5) is 0 Å². The van der Waals surface area contributed by atoms with E-state index in [1.807, 2.05) is 72.8 Å². The molecule has 1 aliphatic heterocycles. The molecule has 198 valence electrons. The Labute approximate surface area is 247 Å². The van der Waals surface area contributed by atoms with Gasteiger partial charge in [0.2, 0.25) is 0 Å². The van der Waals surface area contributed by atoms with E-state index in [0.29, 0.717) is 30.5 Å². The molecule has 2 amide bonds. The fourth-order valence-electron chi connectivity index (χ4n) is 4.97. The first kappa shape index (κ1) is 26.4. The number of nitrogens with one attached hydrogen (secondary N) is 1. The highest BCUT2D eigenvalue weighted by Crippen LogP contribution is 2.42. The summed E-state index contributed by atoms with van der Waals surface area (Å²) in [7, 11) is 0. The number of halogens is 2. The number of benzene rings is 5.